The van der Waals surface area contributed by atoms with Crippen molar-refractivity contribution >= 4 is 0 Å². The van der Waals surface area contributed by atoms with Crippen molar-refractivity contribution in [3.8, 4) is 0 Å². The number of aliphatic hydroxyl groups excluding tert-OH is 1. The van der Waals surface area contributed by atoms with E-state index in [1.807, 2.05) is 0 Å². The number of hydrogen-bond acceptors (Lipinski definition) is 1. The van der Waals surface area contributed by atoms with Crippen LogP contribution in [0.2, 0.25) is 0 Å². The van der Waals surface area contributed by atoms with E-state index in [-0.39, 0.29) is 6.10 Å². The highest BCUT2D eigenvalue weighted by Gasteiger charge is 2.56. The number of allylic oxidation sites excluding steroid dienone is 5. The summed E-state index contributed by atoms with van der Waals surface area (Å²) in [6.45, 7) is 14.6. The molecule has 1 unspecified atom stereocenters. The van der Waals surface area contributed by atoms with Gasteiger partial charge < -0.3 is 5.11 Å². The molecule has 8 atom stereocenters. The van der Waals surface area contributed by atoms with Crippen molar-refractivity contribution in [2.24, 2.45) is 46.3 Å². The predicted molar refractivity (Wildman–Crippen MR) is 123 cm³/mol. The molecule has 0 bridgehead atoms. The Morgan fingerprint density at radius 3 is 2.41 bits per heavy atom. The quantitative estimate of drug-likeness (QED) is 0.493. The SMILES string of the molecule is CC(C)[C@@H](C)C=C[C@@H](C)[C@H]1CC[C@@H]2C3=CC=C4CC(O)CC[C@]4(C)[C@@H]3CC[C@]21C. The lowest BCUT2D eigenvalue weighted by atomic mass is 9.50. The molecule has 1 heteroatoms. The molecule has 1 nitrogen and oxygen atoms in total. The molecule has 4 rings (SSSR count). The first kappa shape index (κ1) is 21.4. The van der Waals surface area contributed by atoms with Gasteiger partial charge in [0.2, 0.25) is 0 Å². The van der Waals surface area contributed by atoms with Crippen LogP contribution in [0, 0.1) is 46.3 Å². The molecule has 0 radical (unpaired) electrons. The molecule has 0 aromatic carbocycles. The van der Waals surface area contributed by atoms with E-state index in [0.717, 1.165) is 36.5 Å². The van der Waals surface area contributed by atoms with E-state index in [0.29, 0.717) is 22.7 Å². The summed E-state index contributed by atoms with van der Waals surface area (Å²) in [5.74, 6) is 4.38. The average molecular weight is 397 g/mol. The van der Waals surface area contributed by atoms with Gasteiger partial charge in [-0.25, -0.2) is 0 Å². The van der Waals surface area contributed by atoms with Crippen LogP contribution in [-0.2, 0) is 0 Å². The van der Waals surface area contributed by atoms with Crippen LogP contribution in [0.1, 0.15) is 86.5 Å². The Hall–Kier alpha value is -0.820. The fraction of sp³-hybridized carbons (Fsp3) is 0.786. The molecule has 0 amide bonds. The fourth-order valence-corrected chi connectivity index (χ4v) is 7.59. The van der Waals surface area contributed by atoms with Gasteiger partial charge >= 0.3 is 0 Å². The lowest BCUT2D eigenvalue weighted by Crippen LogP contribution is -2.46. The molecule has 162 valence electrons. The maximum Gasteiger partial charge on any atom is 0.0578 e. The zero-order valence-corrected chi connectivity index (χ0v) is 19.7. The van der Waals surface area contributed by atoms with Crippen molar-refractivity contribution in [3.63, 3.8) is 0 Å². The molecule has 3 saturated carbocycles. The molecule has 3 fully saturated rings. The third-order valence-corrected chi connectivity index (χ3v) is 10.0. The third-order valence-electron chi connectivity index (χ3n) is 10.0. The van der Waals surface area contributed by atoms with Gasteiger partial charge in [0.15, 0.2) is 0 Å². The lowest BCUT2D eigenvalue weighted by molar-refractivity contribution is 0.0382. The molecular weight excluding hydrogens is 352 g/mol. The minimum atomic E-state index is -0.116. The summed E-state index contributed by atoms with van der Waals surface area (Å²) in [5, 5.41) is 10.2. The zero-order valence-electron chi connectivity index (χ0n) is 19.7. The normalized spacial score (nSPS) is 44.0. The molecule has 0 aromatic rings. The standard InChI is InChI=1S/C28H44O/c1-18(2)19(3)7-8-20(4)24-11-12-25-23-10-9-21-17-22(29)13-15-27(21,5)26(23)14-16-28(24,25)6/h7-10,18-20,22,24-26,29H,11-17H2,1-6H3/t19-,20+,22?,24+,25+,26+,27-,28-/m0/s1. The Balaban J connectivity index is 1.57. The van der Waals surface area contributed by atoms with E-state index >= 15 is 0 Å². The van der Waals surface area contributed by atoms with Gasteiger partial charge in [-0.05, 0) is 91.3 Å². The lowest BCUT2D eigenvalue weighted by Gasteiger charge is -2.55. The fourth-order valence-electron chi connectivity index (χ4n) is 7.59. The van der Waals surface area contributed by atoms with Crippen LogP contribution in [0.3, 0.4) is 0 Å². The Morgan fingerprint density at radius 2 is 1.69 bits per heavy atom. The summed E-state index contributed by atoms with van der Waals surface area (Å²) >= 11 is 0. The van der Waals surface area contributed by atoms with Gasteiger partial charge in [-0.1, -0.05) is 77.0 Å². The molecular formula is C28H44O. The van der Waals surface area contributed by atoms with E-state index < -0.39 is 0 Å². The van der Waals surface area contributed by atoms with Crippen molar-refractivity contribution in [3.05, 3.63) is 35.5 Å². The van der Waals surface area contributed by atoms with E-state index in [2.05, 4.69) is 65.8 Å². The Morgan fingerprint density at radius 1 is 0.931 bits per heavy atom. The van der Waals surface area contributed by atoms with E-state index in [1.165, 1.54) is 37.7 Å². The first-order valence-corrected chi connectivity index (χ1v) is 12.4. The van der Waals surface area contributed by atoms with Gasteiger partial charge in [-0.3, -0.25) is 0 Å². The highest BCUT2D eigenvalue weighted by atomic mass is 16.3. The summed E-state index contributed by atoms with van der Waals surface area (Å²) in [4.78, 5) is 0. The molecule has 0 heterocycles. The first-order valence-electron chi connectivity index (χ1n) is 12.4. The third kappa shape index (κ3) is 3.50. The maximum absolute atomic E-state index is 10.2. The second-order valence-corrected chi connectivity index (χ2v) is 11.9. The second kappa shape index (κ2) is 7.70. The highest BCUT2D eigenvalue weighted by Crippen LogP contribution is 2.65. The van der Waals surface area contributed by atoms with Crippen LogP contribution >= 0.6 is 0 Å². The number of fused-ring (bicyclic) bond motifs is 5. The smallest absolute Gasteiger partial charge is 0.0578 e. The molecule has 0 aliphatic heterocycles. The number of rotatable bonds is 4. The largest absolute Gasteiger partial charge is 0.393 e. The van der Waals surface area contributed by atoms with E-state index in [9.17, 15) is 5.11 Å². The van der Waals surface area contributed by atoms with Gasteiger partial charge in [-0.15, -0.1) is 0 Å². The second-order valence-electron chi connectivity index (χ2n) is 11.9. The average Bonchev–Trinajstić information content (AvgIpc) is 3.03. The van der Waals surface area contributed by atoms with Crippen molar-refractivity contribution in [1.29, 1.82) is 0 Å². The van der Waals surface area contributed by atoms with Crippen LogP contribution in [-0.4, -0.2) is 11.2 Å². The van der Waals surface area contributed by atoms with Crippen LogP contribution < -0.4 is 0 Å². The van der Waals surface area contributed by atoms with Crippen molar-refractivity contribution in [2.75, 3.05) is 0 Å². The summed E-state index contributed by atoms with van der Waals surface area (Å²) < 4.78 is 0. The molecule has 0 spiro atoms. The number of aliphatic hydroxyl groups is 1. The molecule has 1 N–H and O–H groups in total. The Labute approximate surface area is 179 Å². The minimum absolute atomic E-state index is 0.116. The predicted octanol–water partition coefficient (Wildman–Crippen LogP) is 7.33. The minimum Gasteiger partial charge on any atom is -0.393 e. The van der Waals surface area contributed by atoms with Gasteiger partial charge in [0.1, 0.15) is 0 Å². The first-order chi connectivity index (χ1) is 13.7. The van der Waals surface area contributed by atoms with Crippen molar-refractivity contribution in [1.82, 2.24) is 0 Å². The van der Waals surface area contributed by atoms with Gasteiger partial charge in [0.25, 0.3) is 0 Å². The molecule has 29 heavy (non-hydrogen) atoms. The maximum atomic E-state index is 10.2. The van der Waals surface area contributed by atoms with Crippen LogP contribution in [0.4, 0.5) is 0 Å². The van der Waals surface area contributed by atoms with Crippen molar-refractivity contribution < 1.29 is 5.11 Å². The van der Waals surface area contributed by atoms with Crippen molar-refractivity contribution in [2.45, 2.75) is 92.6 Å². The Kier molecular flexibility index (Phi) is 5.69. The summed E-state index contributed by atoms with van der Waals surface area (Å²) in [5.41, 5.74) is 4.07. The highest BCUT2D eigenvalue weighted by molar-refractivity contribution is 5.39. The zero-order chi connectivity index (χ0) is 21.0. The van der Waals surface area contributed by atoms with Crippen LogP contribution in [0.15, 0.2) is 35.5 Å². The van der Waals surface area contributed by atoms with E-state index in [1.54, 1.807) is 5.57 Å². The summed E-state index contributed by atoms with van der Waals surface area (Å²) in [6, 6.07) is 0. The van der Waals surface area contributed by atoms with Gasteiger partial charge in [0, 0.05) is 0 Å². The molecule has 0 saturated heterocycles. The topological polar surface area (TPSA) is 20.2 Å². The van der Waals surface area contributed by atoms with Gasteiger partial charge in [0.05, 0.1) is 6.10 Å². The number of hydrogen-bond donors (Lipinski definition) is 1. The van der Waals surface area contributed by atoms with E-state index in [4.69, 9.17) is 0 Å². The molecule has 4 aliphatic rings. The van der Waals surface area contributed by atoms with Gasteiger partial charge in [-0.2, -0.15) is 0 Å². The summed E-state index contributed by atoms with van der Waals surface area (Å²) in [6.07, 6.45) is 18.4. The van der Waals surface area contributed by atoms with Crippen LogP contribution in [0.25, 0.3) is 0 Å². The molecule has 4 aliphatic carbocycles. The molecule has 0 aromatic heterocycles. The van der Waals surface area contributed by atoms with Crippen LogP contribution in [0.5, 0.6) is 0 Å². The Bertz CT molecular complexity index is 712. The summed E-state index contributed by atoms with van der Waals surface area (Å²) in [7, 11) is 0. The monoisotopic (exact) mass is 396 g/mol.